The van der Waals surface area contributed by atoms with Crippen molar-refractivity contribution in [2.45, 2.75) is 79.8 Å². The third-order valence-corrected chi connectivity index (χ3v) is 6.93. The van der Waals surface area contributed by atoms with Crippen molar-refractivity contribution in [3.8, 4) is 11.5 Å². The van der Waals surface area contributed by atoms with Crippen LogP contribution in [-0.4, -0.2) is 29.0 Å². The van der Waals surface area contributed by atoms with Gasteiger partial charge in [0.05, 0.1) is 0 Å². The second-order valence-corrected chi connectivity index (χ2v) is 9.94. The number of rotatable bonds is 5. The van der Waals surface area contributed by atoms with Crippen molar-refractivity contribution in [3.05, 3.63) is 45.6 Å². The number of fused-ring (bicyclic) bond motifs is 1. The second-order valence-electron chi connectivity index (χ2n) is 9.94. The molecule has 1 saturated carbocycles. The van der Waals surface area contributed by atoms with Gasteiger partial charge in [-0.1, -0.05) is 0 Å². The van der Waals surface area contributed by atoms with Gasteiger partial charge in [0.1, 0.15) is 17.3 Å². The molecule has 0 bridgehead atoms. The van der Waals surface area contributed by atoms with Crippen molar-refractivity contribution in [2.24, 2.45) is 5.92 Å². The summed E-state index contributed by atoms with van der Waals surface area (Å²) in [5.74, 6) is 2.18. The zero-order valence-electron chi connectivity index (χ0n) is 20.8. The van der Waals surface area contributed by atoms with Crippen LogP contribution >= 0.6 is 0 Å². The Bertz CT molecular complexity index is 1120. The molecule has 2 heterocycles. The molecule has 1 atom stereocenters. The number of carbonyl (C=O) groups excluding carboxylic acids is 2. The fraction of sp³-hybridized carbons (Fsp3) is 0.519. The summed E-state index contributed by atoms with van der Waals surface area (Å²) >= 11 is 0. The first-order chi connectivity index (χ1) is 15.5. The molecule has 6 nitrogen and oxygen atoms in total. The van der Waals surface area contributed by atoms with E-state index in [0.29, 0.717) is 36.9 Å². The Balaban J connectivity index is 1.71. The summed E-state index contributed by atoms with van der Waals surface area (Å²) in [6, 6.07) is 4.01. The number of aromatic nitrogens is 1. The van der Waals surface area contributed by atoms with E-state index in [1.807, 2.05) is 58.6 Å². The molecular formula is C27H34N2O4. The zero-order chi connectivity index (χ0) is 24.1. The van der Waals surface area contributed by atoms with E-state index in [-0.39, 0.29) is 11.9 Å². The number of anilines is 1. The minimum Gasteiger partial charge on any atom is -0.477 e. The number of amides is 1. The van der Waals surface area contributed by atoms with Gasteiger partial charge in [0.2, 0.25) is 0 Å². The molecule has 33 heavy (non-hydrogen) atoms. The molecule has 1 aromatic heterocycles. The standard InChI is InChI=1S/C27H34N2O4/c1-15-12-16(2)28-23(13-15)29(14-21-8-9-21)26(31)27(7)11-10-22-19(5)24(32-20(6)30)17(3)18(4)25(22)33-27/h12-13,21H,8-11,14H2,1-7H3. The van der Waals surface area contributed by atoms with Crippen molar-refractivity contribution in [1.82, 2.24) is 4.98 Å². The number of carbonyl (C=O) groups is 2. The lowest BCUT2D eigenvalue weighted by atomic mass is 9.86. The van der Waals surface area contributed by atoms with Crippen LogP contribution in [-0.2, 0) is 16.0 Å². The molecule has 176 valence electrons. The number of hydrogen-bond donors (Lipinski definition) is 0. The van der Waals surface area contributed by atoms with Gasteiger partial charge in [0.25, 0.3) is 5.91 Å². The van der Waals surface area contributed by atoms with Crippen molar-refractivity contribution in [3.63, 3.8) is 0 Å². The van der Waals surface area contributed by atoms with Crippen LogP contribution in [0.25, 0.3) is 0 Å². The number of hydrogen-bond acceptors (Lipinski definition) is 5. The number of nitrogens with zero attached hydrogens (tertiary/aromatic N) is 2. The normalized spacial score (nSPS) is 19.5. The van der Waals surface area contributed by atoms with E-state index in [4.69, 9.17) is 14.5 Å². The third kappa shape index (κ3) is 4.48. The van der Waals surface area contributed by atoms with Crippen molar-refractivity contribution in [2.75, 3.05) is 11.4 Å². The maximum absolute atomic E-state index is 14.0. The van der Waals surface area contributed by atoms with Crippen LogP contribution in [0.3, 0.4) is 0 Å². The van der Waals surface area contributed by atoms with Gasteiger partial charge in [-0.05, 0) is 101 Å². The quantitative estimate of drug-likeness (QED) is 0.470. The van der Waals surface area contributed by atoms with Crippen molar-refractivity contribution < 1.29 is 19.1 Å². The van der Waals surface area contributed by atoms with E-state index in [0.717, 1.165) is 52.1 Å². The summed E-state index contributed by atoms with van der Waals surface area (Å²) in [6.45, 7) is 13.8. The average molecular weight is 451 g/mol. The third-order valence-electron chi connectivity index (χ3n) is 6.93. The lowest BCUT2D eigenvalue weighted by Crippen LogP contribution is -2.53. The Morgan fingerprint density at radius 1 is 1.12 bits per heavy atom. The highest BCUT2D eigenvalue weighted by Crippen LogP contribution is 2.45. The topological polar surface area (TPSA) is 68.7 Å². The van der Waals surface area contributed by atoms with Gasteiger partial charge in [0.15, 0.2) is 5.60 Å². The molecule has 2 aliphatic rings. The Kier molecular flexibility index (Phi) is 5.97. The predicted molar refractivity (Wildman–Crippen MR) is 128 cm³/mol. The van der Waals surface area contributed by atoms with Gasteiger partial charge < -0.3 is 9.47 Å². The zero-order valence-corrected chi connectivity index (χ0v) is 20.8. The summed E-state index contributed by atoms with van der Waals surface area (Å²) in [4.78, 5) is 32.2. The molecule has 4 rings (SSSR count). The van der Waals surface area contributed by atoms with E-state index < -0.39 is 5.60 Å². The van der Waals surface area contributed by atoms with Crippen molar-refractivity contribution >= 4 is 17.7 Å². The lowest BCUT2D eigenvalue weighted by molar-refractivity contribution is -0.134. The van der Waals surface area contributed by atoms with Gasteiger partial charge >= 0.3 is 5.97 Å². The highest BCUT2D eigenvalue weighted by molar-refractivity contribution is 5.99. The number of aryl methyl sites for hydroxylation is 2. The summed E-state index contributed by atoms with van der Waals surface area (Å²) in [6.07, 6.45) is 3.51. The molecule has 0 radical (unpaired) electrons. The number of esters is 1. The summed E-state index contributed by atoms with van der Waals surface area (Å²) < 4.78 is 12.1. The number of ether oxygens (including phenoxy) is 2. The SMILES string of the molecule is CC(=O)Oc1c(C)c(C)c2c(c1C)CCC(C)(C(=O)N(CC1CC1)c1cc(C)cc(C)n1)O2. The molecule has 0 spiro atoms. The van der Waals surface area contributed by atoms with Gasteiger partial charge in [0, 0.05) is 31.1 Å². The highest BCUT2D eigenvalue weighted by atomic mass is 16.5. The van der Waals surface area contributed by atoms with Gasteiger partial charge in [-0.2, -0.15) is 0 Å². The molecule has 0 N–H and O–H groups in total. The molecule has 1 unspecified atom stereocenters. The predicted octanol–water partition coefficient (Wildman–Crippen LogP) is 5.08. The second kappa shape index (κ2) is 8.47. The van der Waals surface area contributed by atoms with E-state index >= 15 is 0 Å². The van der Waals surface area contributed by atoms with Crippen LogP contribution in [0.4, 0.5) is 5.82 Å². The van der Waals surface area contributed by atoms with Crippen LogP contribution in [0.15, 0.2) is 12.1 Å². The average Bonchev–Trinajstić information content (AvgIpc) is 3.56. The van der Waals surface area contributed by atoms with Crippen LogP contribution in [0.1, 0.15) is 66.6 Å². The van der Waals surface area contributed by atoms with E-state index in [2.05, 4.69) is 0 Å². The molecule has 1 fully saturated rings. The fourth-order valence-corrected chi connectivity index (χ4v) is 4.76. The highest BCUT2D eigenvalue weighted by Gasteiger charge is 2.45. The molecule has 0 saturated heterocycles. The Labute approximate surface area is 196 Å². The first-order valence-corrected chi connectivity index (χ1v) is 11.8. The minimum atomic E-state index is -0.992. The Morgan fingerprint density at radius 2 is 1.82 bits per heavy atom. The van der Waals surface area contributed by atoms with Gasteiger partial charge in [-0.3, -0.25) is 14.5 Å². The molecule has 1 amide bonds. The first-order valence-electron chi connectivity index (χ1n) is 11.8. The summed E-state index contributed by atoms with van der Waals surface area (Å²) in [7, 11) is 0. The maximum Gasteiger partial charge on any atom is 0.308 e. The van der Waals surface area contributed by atoms with E-state index in [1.165, 1.54) is 6.92 Å². The molecule has 1 aliphatic heterocycles. The first kappa shape index (κ1) is 23.3. The molecule has 1 aromatic carbocycles. The van der Waals surface area contributed by atoms with Crippen LogP contribution in [0.2, 0.25) is 0 Å². The van der Waals surface area contributed by atoms with Gasteiger partial charge in [-0.25, -0.2) is 4.98 Å². The fourth-order valence-electron chi connectivity index (χ4n) is 4.76. The van der Waals surface area contributed by atoms with Crippen molar-refractivity contribution in [1.29, 1.82) is 0 Å². The van der Waals surface area contributed by atoms with Crippen LogP contribution in [0.5, 0.6) is 11.5 Å². The molecule has 2 aromatic rings. The minimum absolute atomic E-state index is 0.0451. The molecule has 6 heteroatoms. The lowest BCUT2D eigenvalue weighted by Gasteiger charge is -2.39. The number of benzene rings is 1. The molecule has 1 aliphatic carbocycles. The Hall–Kier alpha value is -2.89. The van der Waals surface area contributed by atoms with Gasteiger partial charge in [-0.15, -0.1) is 0 Å². The summed E-state index contributed by atoms with van der Waals surface area (Å²) in [5.41, 5.74) is 4.69. The maximum atomic E-state index is 14.0. The van der Waals surface area contributed by atoms with E-state index in [9.17, 15) is 9.59 Å². The van der Waals surface area contributed by atoms with Crippen LogP contribution in [0, 0.1) is 40.5 Å². The molecular weight excluding hydrogens is 416 g/mol. The van der Waals surface area contributed by atoms with E-state index in [1.54, 1.807) is 0 Å². The Morgan fingerprint density at radius 3 is 2.42 bits per heavy atom. The largest absolute Gasteiger partial charge is 0.477 e. The smallest absolute Gasteiger partial charge is 0.308 e. The number of pyridine rings is 1. The van der Waals surface area contributed by atoms with Crippen LogP contribution < -0.4 is 14.4 Å². The summed E-state index contributed by atoms with van der Waals surface area (Å²) in [5, 5.41) is 0. The monoisotopic (exact) mass is 450 g/mol.